The number of pyridine rings is 1. The second kappa shape index (κ2) is 4.74. The molecule has 4 aromatic rings. The van der Waals surface area contributed by atoms with Crippen LogP contribution in [0.5, 0.6) is 0 Å². The smallest absolute Gasteiger partial charge is 0.227 e. The Morgan fingerprint density at radius 1 is 0.952 bits per heavy atom. The predicted octanol–water partition coefficient (Wildman–Crippen LogP) is 5.21. The van der Waals surface area contributed by atoms with Crippen molar-refractivity contribution in [3.63, 3.8) is 0 Å². The summed E-state index contributed by atoms with van der Waals surface area (Å²) >= 11 is 0. The first-order chi connectivity index (χ1) is 10.4. The lowest BCUT2D eigenvalue weighted by Crippen LogP contribution is -1.83. The van der Waals surface area contributed by atoms with Crippen LogP contribution in [0.2, 0.25) is 0 Å². The van der Waals surface area contributed by atoms with Crippen molar-refractivity contribution >= 4 is 22.1 Å². The van der Waals surface area contributed by atoms with E-state index in [9.17, 15) is 0 Å². The molecule has 0 saturated carbocycles. The number of aromatic nitrogens is 1. The van der Waals surface area contributed by atoms with Crippen molar-refractivity contribution in [2.45, 2.75) is 13.3 Å². The van der Waals surface area contributed by atoms with Crippen LogP contribution >= 0.6 is 0 Å². The maximum atomic E-state index is 6.00. The summed E-state index contributed by atoms with van der Waals surface area (Å²) in [6, 6.07) is 18.9. The van der Waals surface area contributed by atoms with Crippen LogP contribution in [-0.2, 0) is 6.42 Å². The van der Waals surface area contributed by atoms with E-state index in [4.69, 9.17) is 4.42 Å². The molecule has 0 fully saturated rings. The molecule has 0 radical (unpaired) electrons. The fourth-order valence-electron chi connectivity index (χ4n) is 2.82. The van der Waals surface area contributed by atoms with Gasteiger partial charge in [-0.3, -0.25) is 0 Å². The number of nitrogens with zero attached hydrogens (tertiary/aromatic N) is 1. The van der Waals surface area contributed by atoms with Crippen LogP contribution in [0.4, 0.5) is 0 Å². The second-order valence-electron chi connectivity index (χ2n) is 5.19. The van der Waals surface area contributed by atoms with Crippen molar-refractivity contribution in [3.05, 3.63) is 66.4 Å². The predicted molar refractivity (Wildman–Crippen MR) is 86.3 cm³/mol. The molecule has 0 N–H and O–H groups in total. The SMILES string of the molecule is CCc1cccc(-c2cccc3c2oc2ncccc23)c1. The highest BCUT2D eigenvalue weighted by Crippen LogP contribution is 2.34. The zero-order valence-corrected chi connectivity index (χ0v) is 11.8. The number of hydrogen-bond acceptors (Lipinski definition) is 2. The monoisotopic (exact) mass is 273 g/mol. The van der Waals surface area contributed by atoms with Gasteiger partial charge in [-0.1, -0.05) is 49.4 Å². The van der Waals surface area contributed by atoms with Gasteiger partial charge in [0.2, 0.25) is 5.71 Å². The summed E-state index contributed by atoms with van der Waals surface area (Å²) in [5.41, 5.74) is 5.27. The number of rotatable bonds is 2. The first-order valence-electron chi connectivity index (χ1n) is 7.22. The van der Waals surface area contributed by atoms with Crippen LogP contribution in [0.25, 0.3) is 33.2 Å². The summed E-state index contributed by atoms with van der Waals surface area (Å²) in [4.78, 5) is 4.32. The zero-order chi connectivity index (χ0) is 14.2. The van der Waals surface area contributed by atoms with E-state index in [0.717, 1.165) is 28.3 Å². The summed E-state index contributed by atoms with van der Waals surface area (Å²) in [6.07, 6.45) is 2.80. The first kappa shape index (κ1) is 12.2. The number of benzene rings is 2. The van der Waals surface area contributed by atoms with Crippen LogP contribution < -0.4 is 0 Å². The summed E-state index contributed by atoms with van der Waals surface area (Å²) in [7, 11) is 0. The van der Waals surface area contributed by atoms with Gasteiger partial charge in [0.1, 0.15) is 5.58 Å². The molecular formula is C19H15NO. The maximum Gasteiger partial charge on any atom is 0.227 e. The van der Waals surface area contributed by atoms with E-state index < -0.39 is 0 Å². The van der Waals surface area contributed by atoms with E-state index in [1.807, 2.05) is 6.07 Å². The lowest BCUT2D eigenvalue weighted by atomic mass is 10.00. The average molecular weight is 273 g/mol. The molecule has 2 nitrogen and oxygen atoms in total. The zero-order valence-electron chi connectivity index (χ0n) is 11.8. The number of para-hydroxylation sites is 1. The van der Waals surface area contributed by atoms with Crippen LogP contribution in [0, 0.1) is 0 Å². The minimum atomic E-state index is 0.701. The van der Waals surface area contributed by atoms with Crippen molar-refractivity contribution in [2.75, 3.05) is 0 Å². The Morgan fingerprint density at radius 3 is 2.71 bits per heavy atom. The minimum absolute atomic E-state index is 0.701. The van der Waals surface area contributed by atoms with Gasteiger partial charge in [0.05, 0.1) is 0 Å². The van der Waals surface area contributed by atoms with E-state index >= 15 is 0 Å². The molecule has 0 atom stereocenters. The van der Waals surface area contributed by atoms with Crippen LogP contribution in [0.15, 0.2) is 65.2 Å². The van der Waals surface area contributed by atoms with E-state index in [1.165, 1.54) is 11.1 Å². The third-order valence-electron chi connectivity index (χ3n) is 3.92. The Kier molecular flexibility index (Phi) is 2.74. The molecule has 21 heavy (non-hydrogen) atoms. The van der Waals surface area contributed by atoms with Gasteiger partial charge in [-0.25, -0.2) is 4.98 Å². The van der Waals surface area contributed by atoms with Crippen molar-refractivity contribution in [3.8, 4) is 11.1 Å². The third kappa shape index (κ3) is 1.91. The van der Waals surface area contributed by atoms with E-state index in [0.29, 0.717) is 5.71 Å². The first-order valence-corrected chi connectivity index (χ1v) is 7.22. The lowest BCUT2D eigenvalue weighted by molar-refractivity contribution is 0.655. The highest BCUT2D eigenvalue weighted by Gasteiger charge is 2.12. The van der Waals surface area contributed by atoms with Gasteiger partial charge in [0.25, 0.3) is 0 Å². The van der Waals surface area contributed by atoms with Gasteiger partial charge in [0, 0.05) is 22.5 Å². The molecule has 0 aliphatic carbocycles. The molecule has 2 heterocycles. The van der Waals surface area contributed by atoms with Gasteiger partial charge in [-0.2, -0.15) is 0 Å². The van der Waals surface area contributed by atoms with Crippen LogP contribution in [0.1, 0.15) is 12.5 Å². The molecular weight excluding hydrogens is 258 g/mol. The molecule has 0 aliphatic heterocycles. The van der Waals surface area contributed by atoms with Gasteiger partial charge in [-0.05, 0) is 29.7 Å². The fourth-order valence-corrected chi connectivity index (χ4v) is 2.82. The van der Waals surface area contributed by atoms with Crippen molar-refractivity contribution in [2.24, 2.45) is 0 Å². The molecule has 0 saturated heterocycles. The number of furan rings is 1. The molecule has 0 spiro atoms. The molecule has 0 bridgehead atoms. The van der Waals surface area contributed by atoms with E-state index in [2.05, 4.69) is 60.4 Å². The summed E-state index contributed by atoms with van der Waals surface area (Å²) < 4.78 is 6.00. The highest BCUT2D eigenvalue weighted by atomic mass is 16.3. The second-order valence-corrected chi connectivity index (χ2v) is 5.19. The number of hydrogen-bond donors (Lipinski definition) is 0. The Balaban J connectivity index is 2.04. The molecule has 102 valence electrons. The minimum Gasteiger partial charge on any atom is -0.437 e. The number of aryl methyl sites for hydroxylation is 1. The molecule has 0 aliphatic rings. The van der Waals surface area contributed by atoms with Gasteiger partial charge in [-0.15, -0.1) is 0 Å². The summed E-state index contributed by atoms with van der Waals surface area (Å²) in [5.74, 6) is 0. The normalized spacial score (nSPS) is 11.3. The highest BCUT2D eigenvalue weighted by molar-refractivity contribution is 6.08. The summed E-state index contributed by atoms with van der Waals surface area (Å²) in [6.45, 7) is 2.17. The molecule has 0 unspecified atom stereocenters. The van der Waals surface area contributed by atoms with E-state index in [1.54, 1.807) is 6.20 Å². The molecule has 2 aromatic heterocycles. The fraction of sp³-hybridized carbons (Fsp3) is 0.105. The summed E-state index contributed by atoms with van der Waals surface area (Å²) in [5, 5.41) is 2.19. The van der Waals surface area contributed by atoms with Crippen LogP contribution in [0.3, 0.4) is 0 Å². The van der Waals surface area contributed by atoms with Gasteiger partial charge in [0.15, 0.2) is 0 Å². The topological polar surface area (TPSA) is 26.0 Å². The maximum absolute atomic E-state index is 6.00. The molecule has 2 heteroatoms. The number of fused-ring (bicyclic) bond motifs is 3. The molecule has 2 aromatic carbocycles. The Bertz CT molecular complexity index is 937. The lowest BCUT2D eigenvalue weighted by Gasteiger charge is -2.04. The van der Waals surface area contributed by atoms with Gasteiger partial charge >= 0.3 is 0 Å². The Hall–Kier alpha value is -2.61. The van der Waals surface area contributed by atoms with E-state index in [-0.39, 0.29) is 0 Å². The van der Waals surface area contributed by atoms with Crippen LogP contribution in [-0.4, -0.2) is 4.98 Å². The molecule has 4 rings (SSSR count). The molecule has 0 amide bonds. The third-order valence-corrected chi connectivity index (χ3v) is 3.92. The Labute approximate surface area is 123 Å². The largest absolute Gasteiger partial charge is 0.437 e. The van der Waals surface area contributed by atoms with Crippen molar-refractivity contribution in [1.82, 2.24) is 4.98 Å². The van der Waals surface area contributed by atoms with Gasteiger partial charge < -0.3 is 4.42 Å². The standard InChI is InChI=1S/C19H15NO/c1-2-13-6-3-7-14(12-13)15-8-4-9-16-17-10-5-11-20-19(17)21-18(15)16/h3-12H,2H2,1H3. The Morgan fingerprint density at radius 2 is 1.81 bits per heavy atom. The quantitative estimate of drug-likeness (QED) is 0.501. The van der Waals surface area contributed by atoms with Crippen molar-refractivity contribution < 1.29 is 4.42 Å². The van der Waals surface area contributed by atoms with Crippen molar-refractivity contribution in [1.29, 1.82) is 0 Å². The average Bonchev–Trinajstić information content (AvgIpc) is 2.93.